The van der Waals surface area contributed by atoms with Crippen LogP contribution in [0.2, 0.25) is 0 Å². The summed E-state index contributed by atoms with van der Waals surface area (Å²) in [4.78, 5) is 19.0. The van der Waals surface area contributed by atoms with E-state index in [-0.39, 0.29) is 5.91 Å². The second-order valence-electron chi connectivity index (χ2n) is 4.00. The molecule has 4 nitrogen and oxygen atoms in total. The zero-order chi connectivity index (χ0) is 12.8. The number of terminal acetylenes is 1. The lowest BCUT2D eigenvalue weighted by Crippen LogP contribution is -2.25. The van der Waals surface area contributed by atoms with E-state index in [4.69, 9.17) is 6.42 Å². The fourth-order valence-corrected chi connectivity index (χ4v) is 1.72. The summed E-state index contributed by atoms with van der Waals surface area (Å²) in [6.07, 6.45) is 6.65. The normalized spacial score (nSPS) is 10.2. The number of nitrogens with one attached hydrogen (secondary N) is 2. The summed E-state index contributed by atoms with van der Waals surface area (Å²) in [5.74, 6) is 3.32. The van der Waals surface area contributed by atoms with Crippen LogP contribution in [0.4, 0.5) is 0 Å². The molecule has 92 valence electrons. The van der Waals surface area contributed by atoms with Gasteiger partial charge in [-0.3, -0.25) is 4.79 Å². The molecule has 0 aliphatic rings. The standard InChI is InChI=1S/C14H15N3O/c1-2-3-8-14(18)15-10-9-13-16-11-6-4-5-7-12(11)17-13/h1,4-7H,3,8-10H2,(H,15,18)(H,16,17). The third-order valence-electron chi connectivity index (χ3n) is 2.62. The summed E-state index contributed by atoms with van der Waals surface area (Å²) in [7, 11) is 0. The first kappa shape index (κ1) is 12.2. The molecule has 0 saturated heterocycles. The van der Waals surface area contributed by atoms with Crippen molar-refractivity contribution >= 4 is 16.9 Å². The SMILES string of the molecule is C#CCCC(=O)NCCc1nc2ccccc2[nH]1. The molecule has 2 aromatic rings. The Labute approximate surface area is 106 Å². The van der Waals surface area contributed by atoms with Crippen molar-refractivity contribution in [1.82, 2.24) is 15.3 Å². The molecule has 0 fully saturated rings. The lowest BCUT2D eigenvalue weighted by Gasteiger charge is -2.01. The predicted molar refractivity (Wildman–Crippen MR) is 70.9 cm³/mol. The third kappa shape index (κ3) is 3.11. The topological polar surface area (TPSA) is 57.8 Å². The Balaban J connectivity index is 1.83. The maximum absolute atomic E-state index is 11.3. The van der Waals surface area contributed by atoms with Gasteiger partial charge in [0.2, 0.25) is 5.91 Å². The van der Waals surface area contributed by atoms with Crippen LogP contribution < -0.4 is 5.32 Å². The van der Waals surface area contributed by atoms with Gasteiger partial charge in [0.15, 0.2) is 0 Å². The first-order chi connectivity index (χ1) is 8.79. The number of carbonyl (C=O) groups excluding carboxylic acids is 1. The Morgan fingerprint density at radius 1 is 1.44 bits per heavy atom. The fraction of sp³-hybridized carbons (Fsp3) is 0.286. The highest BCUT2D eigenvalue weighted by molar-refractivity contribution is 5.76. The molecule has 0 radical (unpaired) electrons. The van der Waals surface area contributed by atoms with Gasteiger partial charge >= 0.3 is 0 Å². The molecule has 4 heteroatoms. The smallest absolute Gasteiger partial charge is 0.220 e. The second kappa shape index (κ2) is 5.87. The van der Waals surface area contributed by atoms with Crippen molar-refractivity contribution in [2.45, 2.75) is 19.3 Å². The molecule has 0 bridgehead atoms. The maximum Gasteiger partial charge on any atom is 0.220 e. The van der Waals surface area contributed by atoms with Crippen molar-refractivity contribution in [3.8, 4) is 12.3 Å². The van der Waals surface area contributed by atoms with Gasteiger partial charge in [0.05, 0.1) is 11.0 Å². The molecule has 0 aliphatic heterocycles. The summed E-state index contributed by atoms with van der Waals surface area (Å²) in [6.45, 7) is 0.573. The van der Waals surface area contributed by atoms with Crippen LogP contribution in [-0.4, -0.2) is 22.4 Å². The Morgan fingerprint density at radius 3 is 3.06 bits per heavy atom. The van der Waals surface area contributed by atoms with Crippen molar-refractivity contribution in [3.05, 3.63) is 30.1 Å². The number of rotatable bonds is 5. The van der Waals surface area contributed by atoms with Crippen LogP contribution in [0.3, 0.4) is 0 Å². The average Bonchev–Trinajstić information content (AvgIpc) is 2.79. The van der Waals surface area contributed by atoms with Gasteiger partial charge in [-0.25, -0.2) is 4.98 Å². The quantitative estimate of drug-likeness (QED) is 0.782. The van der Waals surface area contributed by atoms with E-state index in [9.17, 15) is 4.79 Å². The molecule has 2 N–H and O–H groups in total. The van der Waals surface area contributed by atoms with Crippen molar-refractivity contribution in [2.75, 3.05) is 6.54 Å². The number of nitrogens with zero attached hydrogens (tertiary/aromatic N) is 1. The van der Waals surface area contributed by atoms with E-state index in [2.05, 4.69) is 21.2 Å². The van der Waals surface area contributed by atoms with E-state index < -0.39 is 0 Å². The average molecular weight is 241 g/mol. The van der Waals surface area contributed by atoms with Gasteiger partial charge in [-0.2, -0.15) is 0 Å². The van der Waals surface area contributed by atoms with Crippen LogP contribution in [0.25, 0.3) is 11.0 Å². The molecule has 2 rings (SSSR count). The van der Waals surface area contributed by atoms with Crippen LogP contribution in [-0.2, 0) is 11.2 Å². The van der Waals surface area contributed by atoms with Crippen LogP contribution in [0.1, 0.15) is 18.7 Å². The van der Waals surface area contributed by atoms with E-state index in [0.717, 1.165) is 16.9 Å². The molecule has 1 aromatic heterocycles. The van der Waals surface area contributed by atoms with Crippen molar-refractivity contribution < 1.29 is 4.79 Å². The molecule has 1 aromatic carbocycles. The number of fused-ring (bicyclic) bond motifs is 1. The highest BCUT2D eigenvalue weighted by Crippen LogP contribution is 2.10. The van der Waals surface area contributed by atoms with Crippen LogP contribution >= 0.6 is 0 Å². The summed E-state index contributed by atoms with van der Waals surface area (Å²) < 4.78 is 0. The summed E-state index contributed by atoms with van der Waals surface area (Å²) in [5, 5.41) is 2.82. The summed E-state index contributed by atoms with van der Waals surface area (Å²) in [5.41, 5.74) is 1.97. The lowest BCUT2D eigenvalue weighted by atomic mass is 10.3. The number of benzene rings is 1. The number of amides is 1. The van der Waals surface area contributed by atoms with E-state index in [1.807, 2.05) is 24.3 Å². The van der Waals surface area contributed by atoms with Crippen LogP contribution in [0, 0.1) is 12.3 Å². The minimum absolute atomic E-state index is 0.0101. The van der Waals surface area contributed by atoms with Gasteiger partial charge in [0, 0.05) is 25.8 Å². The molecule has 1 heterocycles. The minimum Gasteiger partial charge on any atom is -0.356 e. The first-order valence-electron chi connectivity index (χ1n) is 5.93. The number of carbonyl (C=O) groups is 1. The number of hydrogen-bond donors (Lipinski definition) is 2. The highest BCUT2D eigenvalue weighted by atomic mass is 16.1. The van der Waals surface area contributed by atoms with E-state index >= 15 is 0 Å². The summed E-state index contributed by atoms with van der Waals surface area (Å²) >= 11 is 0. The zero-order valence-corrected chi connectivity index (χ0v) is 10.1. The van der Waals surface area contributed by atoms with Crippen molar-refractivity contribution in [3.63, 3.8) is 0 Å². The van der Waals surface area contributed by atoms with Gasteiger partial charge in [-0.15, -0.1) is 12.3 Å². The molecule has 1 amide bonds. The number of aromatic nitrogens is 2. The zero-order valence-electron chi connectivity index (χ0n) is 10.1. The fourth-order valence-electron chi connectivity index (χ4n) is 1.72. The van der Waals surface area contributed by atoms with Gasteiger partial charge in [-0.05, 0) is 12.1 Å². The third-order valence-corrected chi connectivity index (χ3v) is 2.62. The Morgan fingerprint density at radius 2 is 2.28 bits per heavy atom. The molecule has 0 atom stereocenters. The molecular formula is C14H15N3O. The van der Waals surface area contributed by atoms with Crippen molar-refractivity contribution in [2.24, 2.45) is 0 Å². The minimum atomic E-state index is -0.0101. The van der Waals surface area contributed by atoms with Gasteiger partial charge in [0.25, 0.3) is 0 Å². The van der Waals surface area contributed by atoms with E-state index in [1.165, 1.54) is 0 Å². The number of aromatic amines is 1. The second-order valence-corrected chi connectivity index (χ2v) is 4.00. The predicted octanol–water partition coefficient (Wildman–Crippen LogP) is 1.64. The maximum atomic E-state index is 11.3. The number of H-pyrrole nitrogens is 1. The first-order valence-corrected chi connectivity index (χ1v) is 5.93. The van der Waals surface area contributed by atoms with Gasteiger partial charge < -0.3 is 10.3 Å². The van der Waals surface area contributed by atoms with E-state index in [1.54, 1.807) is 0 Å². The molecule has 0 saturated carbocycles. The summed E-state index contributed by atoms with van der Waals surface area (Å²) in [6, 6.07) is 7.86. The van der Waals surface area contributed by atoms with Gasteiger partial charge in [0.1, 0.15) is 5.82 Å². The Kier molecular flexibility index (Phi) is 3.98. The van der Waals surface area contributed by atoms with E-state index in [0.29, 0.717) is 25.8 Å². The Bertz CT molecular complexity index is 547. The molecule has 0 spiro atoms. The molecular weight excluding hydrogens is 226 g/mol. The lowest BCUT2D eigenvalue weighted by molar-refractivity contribution is -0.120. The Hall–Kier alpha value is -2.28. The molecule has 0 aliphatic carbocycles. The van der Waals surface area contributed by atoms with Gasteiger partial charge in [-0.1, -0.05) is 12.1 Å². The number of imidazole rings is 1. The monoisotopic (exact) mass is 241 g/mol. The molecule has 18 heavy (non-hydrogen) atoms. The van der Waals surface area contributed by atoms with Crippen molar-refractivity contribution in [1.29, 1.82) is 0 Å². The van der Waals surface area contributed by atoms with Crippen LogP contribution in [0.5, 0.6) is 0 Å². The number of hydrogen-bond acceptors (Lipinski definition) is 2. The largest absolute Gasteiger partial charge is 0.356 e. The van der Waals surface area contributed by atoms with Crippen LogP contribution in [0.15, 0.2) is 24.3 Å². The molecule has 0 unspecified atom stereocenters. The highest BCUT2D eigenvalue weighted by Gasteiger charge is 2.03. The number of para-hydroxylation sites is 2.